The van der Waals surface area contributed by atoms with Crippen LogP contribution in [0, 0.1) is 30.3 Å². The number of halogens is 3. The summed E-state index contributed by atoms with van der Waals surface area (Å²) in [7, 11) is 3.39. The first-order chi connectivity index (χ1) is 18.4. The molecule has 0 aliphatic carbocycles. The minimum absolute atomic E-state index is 0.0604. The van der Waals surface area contributed by atoms with Crippen LogP contribution in [0.1, 0.15) is 35.7 Å². The van der Waals surface area contributed by atoms with E-state index in [2.05, 4.69) is 10.1 Å². The highest BCUT2D eigenvalue weighted by atomic mass is 19.2. The third kappa shape index (κ3) is 5.13. The van der Waals surface area contributed by atoms with Crippen molar-refractivity contribution in [1.82, 2.24) is 14.5 Å². The molecule has 5 rings (SSSR count). The topological polar surface area (TPSA) is 61.1 Å². The molecule has 38 heavy (non-hydrogen) atoms. The predicted octanol–water partition coefficient (Wildman–Crippen LogP) is 5.43. The largest absolute Gasteiger partial charge is 0.495 e. The third-order valence-corrected chi connectivity index (χ3v) is 7.05. The van der Waals surface area contributed by atoms with Gasteiger partial charge in [-0.15, -0.1) is 0 Å². The molecule has 200 valence electrons. The first kappa shape index (κ1) is 25.8. The molecule has 2 aliphatic heterocycles. The molecule has 0 saturated carbocycles. The van der Waals surface area contributed by atoms with Crippen LogP contribution < -0.4 is 4.74 Å². The SMILES string of the molecule is COc1cc(C=CC2=NOC(C3CCOCC3)[C@H](c3cc(F)c(F)c(F)c3)N2C)ccc1-n1cnc(C)c1. The van der Waals surface area contributed by atoms with E-state index < -0.39 is 29.6 Å². The van der Waals surface area contributed by atoms with Crippen molar-refractivity contribution in [3.05, 3.63) is 83.2 Å². The van der Waals surface area contributed by atoms with Gasteiger partial charge in [0, 0.05) is 32.4 Å². The Morgan fingerprint density at radius 2 is 1.79 bits per heavy atom. The second-order valence-electron chi connectivity index (χ2n) is 9.51. The molecule has 7 nitrogen and oxygen atoms in total. The standard InChI is InChI=1S/C28H29F3N4O3/c1-17-15-35(16-32-17)23-6-4-18(12-24(23)36-3)5-7-25-33-38-28(19-8-10-37-11-9-19)27(34(25)2)20-13-21(29)26(31)22(30)14-20/h4-7,12-16,19,27-28H,8-11H2,1-3H3/t27-,28?/m0/s1. The lowest BCUT2D eigenvalue weighted by Crippen LogP contribution is -2.46. The molecule has 1 saturated heterocycles. The highest BCUT2D eigenvalue weighted by Gasteiger charge is 2.40. The zero-order chi connectivity index (χ0) is 26.8. The fourth-order valence-corrected chi connectivity index (χ4v) is 5.03. The maximum Gasteiger partial charge on any atom is 0.194 e. The molecule has 1 aromatic heterocycles. The van der Waals surface area contributed by atoms with Crippen LogP contribution in [-0.4, -0.2) is 53.8 Å². The van der Waals surface area contributed by atoms with E-state index in [1.165, 1.54) is 0 Å². The maximum atomic E-state index is 14.2. The fraction of sp³-hybridized carbons (Fsp3) is 0.357. The van der Waals surface area contributed by atoms with Crippen molar-refractivity contribution in [2.45, 2.75) is 31.9 Å². The summed E-state index contributed by atoms with van der Waals surface area (Å²) in [4.78, 5) is 12.0. The number of rotatable bonds is 6. The molecular weight excluding hydrogens is 497 g/mol. The number of ether oxygens (including phenoxy) is 2. The number of nitrogens with zero attached hydrogens (tertiary/aromatic N) is 4. The van der Waals surface area contributed by atoms with Crippen LogP contribution >= 0.6 is 0 Å². The molecule has 1 unspecified atom stereocenters. The summed E-state index contributed by atoms with van der Waals surface area (Å²) < 4.78 is 55.2. The molecular formula is C28H29F3N4O3. The van der Waals surface area contributed by atoms with E-state index in [1.807, 2.05) is 46.9 Å². The van der Waals surface area contributed by atoms with Crippen LogP contribution in [0.25, 0.3) is 11.8 Å². The summed E-state index contributed by atoms with van der Waals surface area (Å²) in [5, 5.41) is 4.34. The summed E-state index contributed by atoms with van der Waals surface area (Å²) in [5.41, 5.74) is 2.87. The first-order valence-corrected chi connectivity index (χ1v) is 12.4. The summed E-state index contributed by atoms with van der Waals surface area (Å²) in [6, 6.07) is 7.23. The first-order valence-electron chi connectivity index (χ1n) is 12.4. The number of amidine groups is 1. The lowest BCUT2D eigenvalue weighted by atomic mass is 9.85. The van der Waals surface area contributed by atoms with Crippen LogP contribution in [0.5, 0.6) is 5.75 Å². The molecule has 10 heteroatoms. The van der Waals surface area contributed by atoms with Gasteiger partial charge in [0.05, 0.1) is 30.9 Å². The van der Waals surface area contributed by atoms with E-state index in [0.717, 1.165) is 41.9 Å². The third-order valence-electron chi connectivity index (χ3n) is 7.05. The summed E-state index contributed by atoms with van der Waals surface area (Å²) in [6.07, 6.45) is 8.22. The molecule has 3 heterocycles. The minimum Gasteiger partial charge on any atom is -0.495 e. The zero-order valence-corrected chi connectivity index (χ0v) is 21.4. The van der Waals surface area contributed by atoms with Crippen LogP contribution in [0.2, 0.25) is 0 Å². The summed E-state index contributed by atoms with van der Waals surface area (Å²) in [6.45, 7) is 3.05. The quantitative estimate of drug-likeness (QED) is 0.401. The fourth-order valence-electron chi connectivity index (χ4n) is 5.03. The van der Waals surface area contributed by atoms with Crippen LogP contribution in [0.15, 0.2) is 54.1 Å². The number of imidazole rings is 1. The Labute approximate surface area is 219 Å². The van der Waals surface area contributed by atoms with Crippen molar-refractivity contribution in [2.24, 2.45) is 11.1 Å². The molecule has 0 bridgehead atoms. The second kappa shape index (κ2) is 10.9. The number of hydrogen-bond acceptors (Lipinski definition) is 6. The van der Waals surface area contributed by atoms with Crippen LogP contribution in [0.3, 0.4) is 0 Å². The van der Waals surface area contributed by atoms with Gasteiger partial charge >= 0.3 is 0 Å². The molecule has 2 atom stereocenters. The van der Waals surface area contributed by atoms with Crippen molar-refractivity contribution in [1.29, 1.82) is 0 Å². The molecule has 0 N–H and O–H groups in total. The van der Waals surface area contributed by atoms with Gasteiger partial charge < -0.3 is 23.8 Å². The Bertz CT molecular complexity index is 1340. The number of aryl methyl sites for hydroxylation is 1. The zero-order valence-electron chi connectivity index (χ0n) is 21.4. The number of likely N-dealkylation sites (N-methyl/N-ethyl adjacent to an activating group) is 1. The highest BCUT2D eigenvalue weighted by molar-refractivity contribution is 5.96. The van der Waals surface area contributed by atoms with E-state index in [9.17, 15) is 13.2 Å². The number of oxime groups is 1. The lowest BCUT2D eigenvalue weighted by Gasteiger charge is -2.42. The smallest absolute Gasteiger partial charge is 0.194 e. The molecule has 3 aromatic rings. The highest BCUT2D eigenvalue weighted by Crippen LogP contribution is 2.38. The van der Waals surface area contributed by atoms with Gasteiger partial charge in [-0.05, 0) is 61.2 Å². The van der Waals surface area contributed by atoms with E-state index in [0.29, 0.717) is 24.8 Å². The van der Waals surface area contributed by atoms with E-state index >= 15 is 0 Å². The Morgan fingerprint density at radius 3 is 2.45 bits per heavy atom. The average molecular weight is 527 g/mol. The Kier molecular flexibility index (Phi) is 7.42. The van der Waals surface area contributed by atoms with E-state index in [-0.39, 0.29) is 11.5 Å². The van der Waals surface area contributed by atoms with Crippen molar-refractivity contribution in [2.75, 3.05) is 27.4 Å². The Balaban J connectivity index is 1.45. The maximum absolute atomic E-state index is 14.2. The molecule has 0 radical (unpaired) electrons. The van der Waals surface area contributed by atoms with Gasteiger partial charge in [-0.2, -0.15) is 0 Å². The molecule has 0 spiro atoms. The summed E-state index contributed by atoms with van der Waals surface area (Å²) >= 11 is 0. The number of methoxy groups -OCH3 is 1. The van der Waals surface area contributed by atoms with Crippen molar-refractivity contribution in [3.8, 4) is 11.4 Å². The van der Waals surface area contributed by atoms with Gasteiger partial charge in [0.25, 0.3) is 0 Å². The van der Waals surface area contributed by atoms with Gasteiger partial charge in [0.1, 0.15) is 5.75 Å². The second-order valence-corrected chi connectivity index (χ2v) is 9.51. The number of hydrogen-bond donors (Lipinski definition) is 0. The van der Waals surface area contributed by atoms with Gasteiger partial charge in [-0.3, -0.25) is 0 Å². The van der Waals surface area contributed by atoms with E-state index in [4.69, 9.17) is 14.3 Å². The monoisotopic (exact) mass is 526 g/mol. The molecule has 0 amide bonds. The van der Waals surface area contributed by atoms with Gasteiger partial charge in [0.2, 0.25) is 0 Å². The van der Waals surface area contributed by atoms with Gasteiger partial charge in [-0.25, -0.2) is 18.2 Å². The minimum atomic E-state index is -1.49. The van der Waals surface area contributed by atoms with Crippen molar-refractivity contribution < 1.29 is 27.5 Å². The number of aromatic nitrogens is 2. The van der Waals surface area contributed by atoms with Crippen LogP contribution in [0.4, 0.5) is 13.2 Å². The molecule has 1 fully saturated rings. The lowest BCUT2D eigenvalue weighted by molar-refractivity contribution is -0.0765. The normalized spacial score (nSPS) is 20.5. The van der Waals surface area contributed by atoms with Gasteiger partial charge in [-0.1, -0.05) is 17.3 Å². The van der Waals surface area contributed by atoms with Gasteiger partial charge in [0.15, 0.2) is 29.4 Å². The molecule has 2 aromatic carbocycles. The van der Waals surface area contributed by atoms with Crippen LogP contribution in [-0.2, 0) is 9.57 Å². The Morgan fingerprint density at radius 1 is 1.05 bits per heavy atom. The predicted molar refractivity (Wildman–Crippen MR) is 137 cm³/mol. The molecule has 2 aliphatic rings. The Hall–Kier alpha value is -3.79. The summed E-state index contributed by atoms with van der Waals surface area (Å²) in [5.74, 6) is -2.79. The average Bonchev–Trinajstić information content (AvgIpc) is 3.36. The number of benzene rings is 2. The van der Waals surface area contributed by atoms with Crippen molar-refractivity contribution >= 4 is 11.9 Å². The van der Waals surface area contributed by atoms with Crippen molar-refractivity contribution in [3.63, 3.8) is 0 Å². The van der Waals surface area contributed by atoms with E-state index in [1.54, 1.807) is 26.6 Å².